The molecule has 0 unspecified atom stereocenters. The van der Waals surface area contributed by atoms with Gasteiger partial charge in [0.2, 0.25) is 0 Å². The maximum atomic E-state index is 12.4. The summed E-state index contributed by atoms with van der Waals surface area (Å²) in [5.41, 5.74) is 6.13. The number of halogens is 3. The third-order valence-corrected chi connectivity index (χ3v) is 2.74. The van der Waals surface area contributed by atoms with Crippen molar-refractivity contribution < 1.29 is 19.1 Å². The highest BCUT2D eigenvalue weighted by Gasteiger charge is 2.14. The van der Waals surface area contributed by atoms with Gasteiger partial charge in [-0.25, -0.2) is 8.78 Å². The summed E-state index contributed by atoms with van der Waals surface area (Å²) in [4.78, 5) is 1.30. The normalized spacial score (nSPS) is 11.9. The number of oxime groups is 1. The first kappa shape index (κ1) is 15.5. The number of amidine groups is 1. The van der Waals surface area contributed by atoms with Crippen LogP contribution in [0.4, 0.5) is 14.5 Å². The topological polar surface area (TPSA) is 82.1 Å². The van der Waals surface area contributed by atoms with Crippen molar-refractivity contribution in [1.29, 1.82) is 0 Å². The third kappa shape index (κ3) is 4.22. The Labute approximate surface area is 113 Å². The number of aliphatic hydroxyl groups is 1. The molecule has 0 aliphatic heterocycles. The van der Waals surface area contributed by atoms with E-state index in [1.807, 2.05) is 0 Å². The van der Waals surface area contributed by atoms with Crippen molar-refractivity contribution in [1.82, 2.24) is 0 Å². The van der Waals surface area contributed by atoms with E-state index in [9.17, 15) is 8.78 Å². The highest BCUT2D eigenvalue weighted by molar-refractivity contribution is 6.34. The van der Waals surface area contributed by atoms with Gasteiger partial charge in [-0.15, -0.1) is 0 Å². The molecule has 0 radical (unpaired) electrons. The SMILES string of the molecule is N/C(=N/O)c1ccc(N(CCO)CC(F)F)cc1Cl. The molecule has 0 saturated carbocycles. The van der Waals surface area contributed by atoms with Crippen LogP contribution >= 0.6 is 11.6 Å². The first-order valence-corrected chi connectivity index (χ1v) is 5.78. The number of nitrogens with zero attached hydrogens (tertiary/aromatic N) is 2. The van der Waals surface area contributed by atoms with E-state index in [-0.39, 0.29) is 24.0 Å². The first-order valence-electron chi connectivity index (χ1n) is 5.41. The molecule has 5 nitrogen and oxygen atoms in total. The lowest BCUT2D eigenvalue weighted by molar-refractivity contribution is 0.153. The fraction of sp³-hybridized carbons (Fsp3) is 0.364. The highest BCUT2D eigenvalue weighted by atomic mass is 35.5. The minimum atomic E-state index is -2.53. The Morgan fingerprint density at radius 3 is 2.63 bits per heavy atom. The van der Waals surface area contributed by atoms with Gasteiger partial charge in [-0.05, 0) is 18.2 Å². The van der Waals surface area contributed by atoms with Crippen molar-refractivity contribution in [3.05, 3.63) is 28.8 Å². The van der Waals surface area contributed by atoms with Crippen LogP contribution in [0.25, 0.3) is 0 Å². The van der Waals surface area contributed by atoms with Crippen molar-refractivity contribution in [3.63, 3.8) is 0 Å². The zero-order valence-electron chi connectivity index (χ0n) is 9.93. The highest BCUT2D eigenvalue weighted by Crippen LogP contribution is 2.24. The summed E-state index contributed by atoms with van der Waals surface area (Å²) < 4.78 is 24.9. The van der Waals surface area contributed by atoms with Gasteiger partial charge in [-0.2, -0.15) is 0 Å². The number of anilines is 1. The second-order valence-corrected chi connectivity index (χ2v) is 4.12. The van der Waals surface area contributed by atoms with Gasteiger partial charge < -0.3 is 20.9 Å². The zero-order chi connectivity index (χ0) is 14.4. The Bertz CT molecular complexity index is 458. The molecule has 0 spiro atoms. The van der Waals surface area contributed by atoms with E-state index in [2.05, 4.69) is 5.16 Å². The van der Waals surface area contributed by atoms with E-state index in [4.69, 9.17) is 27.6 Å². The summed E-state index contributed by atoms with van der Waals surface area (Å²) in [7, 11) is 0. The van der Waals surface area contributed by atoms with Crippen LogP contribution < -0.4 is 10.6 Å². The average Bonchev–Trinajstić information content (AvgIpc) is 2.36. The largest absolute Gasteiger partial charge is 0.409 e. The number of hydrogen-bond acceptors (Lipinski definition) is 4. The van der Waals surface area contributed by atoms with E-state index < -0.39 is 13.0 Å². The van der Waals surface area contributed by atoms with E-state index >= 15 is 0 Å². The third-order valence-electron chi connectivity index (χ3n) is 2.43. The van der Waals surface area contributed by atoms with Crippen molar-refractivity contribution in [2.45, 2.75) is 6.43 Å². The summed E-state index contributed by atoms with van der Waals surface area (Å²) in [5, 5.41) is 20.4. The van der Waals surface area contributed by atoms with Gasteiger partial charge in [-0.3, -0.25) is 0 Å². The van der Waals surface area contributed by atoms with Crippen molar-refractivity contribution in [2.24, 2.45) is 10.9 Å². The standard InChI is InChI=1S/C11H14ClF2N3O2/c12-9-5-7(1-2-8(9)11(15)16-19)17(3-4-18)6-10(13)14/h1-2,5,10,18-19H,3-4,6H2,(H2,15,16). The van der Waals surface area contributed by atoms with Crippen molar-refractivity contribution >= 4 is 23.1 Å². The number of alkyl halides is 2. The lowest BCUT2D eigenvalue weighted by Gasteiger charge is -2.24. The smallest absolute Gasteiger partial charge is 0.255 e. The molecule has 0 aromatic heterocycles. The maximum absolute atomic E-state index is 12.4. The Kier molecular flexibility index (Phi) is 5.78. The molecule has 4 N–H and O–H groups in total. The molecule has 0 aliphatic carbocycles. The van der Waals surface area contributed by atoms with Crippen LogP contribution in [0, 0.1) is 0 Å². The van der Waals surface area contributed by atoms with E-state index in [1.165, 1.54) is 23.1 Å². The van der Waals surface area contributed by atoms with Crippen LogP contribution in [0.2, 0.25) is 5.02 Å². The van der Waals surface area contributed by atoms with Crippen LogP contribution in [0.15, 0.2) is 23.4 Å². The van der Waals surface area contributed by atoms with Crippen LogP contribution in [0.3, 0.4) is 0 Å². The minimum absolute atomic E-state index is 0.0591. The van der Waals surface area contributed by atoms with Gasteiger partial charge in [0.25, 0.3) is 6.43 Å². The van der Waals surface area contributed by atoms with Crippen LogP contribution in [-0.4, -0.2) is 42.3 Å². The predicted molar refractivity (Wildman–Crippen MR) is 69.3 cm³/mol. The molecule has 0 aliphatic rings. The van der Waals surface area contributed by atoms with Gasteiger partial charge in [0.1, 0.15) is 0 Å². The molecular formula is C11H14ClF2N3O2. The number of benzene rings is 1. The van der Waals surface area contributed by atoms with E-state index in [0.717, 1.165) is 0 Å². The molecule has 0 atom stereocenters. The predicted octanol–water partition coefficient (Wildman–Crippen LogP) is 1.50. The Morgan fingerprint density at radius 2 is 2.16 bits per heavy atom. The monoisotopic (exact) mass is 293 g/mol. The molecule has 19 heavy (non-hydrogen) atoms. The van der Waals surface area contributed by atoms with Gasteiger partial charge in [0, 0.05) is 17.8 Å². The number of rotatable bonds is 6. The molecule has 0 saturated heterocycles. The summed E-state index contributed by atoms with van der Waals surface area (Å²) in [5.74, 6) is -0.167. The Hall–Kier alpha value is -1.60. The van der Waals surface area contributed by atoms with Crippen molar-refractivity contribution in [2.75, 3.05) is 24.6 Å². The summed E-state index contributed by atoms with van der Waals surface area (Å²) in [6.45, 7) is -0.713. The van der Waals surface area contributed by atoms with Gasteiger partial charge in [0.15, 0.2) is 5.84 Å². The molecule has 0 amide bonds. The first-order chi connectivity index (χ1) is 8.99. The Morgan fingerprint density at radius 1 is 1.47 bits per heavy atom. The lowest BCUT2D eigenvalue weighted by atomic mass is 10.1. The average molecular weight is 294 g/mol. The van der Waals surface area contributed by atoms with Crippen LogP contribution in [0.1, 0.15) is 5.56 Å². The Balaban J connectivity index is 3.02. The second kappa shape index (κ2) is 7.10. The molecule has 106 valence electrons. The fourth-order valence-electron chi connectivity index (χ4n) is 1.58. The van der Waals surface area contributed by atoms with Crippen molar-refractivity contribution in [3.8, 4) is 0 Å². The maximum Gasteiger partial charge on any atom is 0.255 e. The molecule has 1 rings (SSSR count). The molecule has 0 fully saturated rings. The van der Waals surface area contributed by atoms with Gasteiger partial charge in [0.05, 0.1) is 18.2 Å². The number of nitrogens with two attached hydrogens (primary N) is 1. The fourth-order valence-corrected chi connectivity index (χ4v) is 1.85. The lowest BCUT2D eigenvalue weighted by Crippen LogP contribution is -2.31. The summed E-state index contributed by atoms with van der Waals surface area (Å²) >= 11 is 5.94. The zero-order valence-corrected chi connectivity index (χ0v) is 10.7. The summed E-state index contributed by atoms with van der Waals surface area (Å²) in [6.07, 6.45) is -2.53. The molecule has 8 heteroatoms. The number of aliphatic hydroxyl groups excluding tert-OH is 1. The number of hydrogen-bond donors (Lipinski definition) is 3. The van der Waals surface area contributed by atoms with Gasteiger partial charge in [-0.1, -0.05) is 16.8 Å². The molecular weight excluding hydrogens is 280 g/mol. The molecule has 0 heterocycles. The molecule has 1 aromatic carbocycles. The molecule has 0 bridgehead atoms. The minimum Gasteiger partial charge on any atom is -0.409 e. The summed E-state index contributed by atoms with van der Waals surface area (Å²) in [6, 6.07) is 4.40. The van der Waals surface area contributed by atoms with Crippen LogP contribution in [0.5, 0.6) is 0 Å². The van der Waals surface area contributed by atoms with Gasteiger partial charge >= 0.3 is 0 Å². The van der Waals surface area contributed by atoms with E-state index in [1.54, 1.807) is 0 Å². The quantitative estimate of drug-likeness (QED) is 0.321. The molecule has 1 aromatic rings. The van der Waals surface area contributed by atoms with Crippen LogP contribution in [-0.2, 0) is 0 Å². The second-order valence-electron chi connectivity index (χ2n) is 3.71. The van der Waals surface area contributed by atoms with E-state index in [0.29, 0.717) is 11.3 Å².